The average Bonchev–Trinajstić information content (AvgIpc) is 3.67. The second-order valence-electron chi connectivity index (χ2n) is 12.7. The number of hydrogen-bond donors (Lipinski definition) is 2. The van der Waals surface area contributed by atoms with Crippen LogP contribution in [0.3, 0.4) is 0 Å². The monoisotopic (exact) mass is 618 g/mol. The number of rotatable bonds is 4. The molecule has 3 atom stereocenters. The quantitative estimate of drug-likeness (QED) is 0.296. The maximum absolute atomic E-state index is 16.9. The molecule has 43 heavy (non-hydrogen) atoms. The van der Waals surface area contributed by atoms with Crippen LogP contribution in [0.2, 0.25) is 5.02 Å². The number of anilines is 1. The minimum absolute atomic E-state index is 0.0172. The summed E-state index contributed by atoms with van der Waals surface area (Å²) in [5.41, 5.74) is 0.780. The highest BCUT2D eigenvalue weighted by atomic mass is 35.5. The van der Waals surface area contributed by atoms with Gasteiger partial charge in [-0.2, -0.15) is 9.97 Å². The van der Waals surface area contributed by atoms with Gasteiger partial charge in [-0.25, -0.2) is 9.37 Å². The molecule has 4 saturated heterocycles. The van der Waals surface area contributed by atoms with E-state index in [2.05, 4.69) is 15.1 Å². The second kappa shape index (κ2) is 9.79. The Labute approximate surface area is 258 Å². The summed E-state index contributed by atoms with van der Waals surface area (Å²) in [4.78, 5) is 19.6. The molecule has 9 rings (SSSR count). The highest BCUT2D eigenvalue weighted by molar-refractivity contribution is 7.99. The lowest BCUT2D eigenvalue weighted by atomic mass is 9.95. The minimum Gasteiger partial charge on any atom is -0.508 e. The van der Waals surface area contributed by atoms with Gasteiger partial charge in [0.2, 0.25) is 0 Å². The van der Waals surface area contributed by atoms with Gasteiger partial charge < -0.3 is 20.1 Å². The summed E-state index contributed by atoms with van der Waals surface area (Å²) >= 11 is 8.29. The smallest absolute Gasteiger partial charge is 0.319 e. The first-order valence-corrected chi connectivity index (χ1v) is 16.7. The second-order valence-corrected chi connectivity index (χ2v) is 14.2. The molecular weight excluding hydrogens is 587 g/mol. The van der Waals surface area contributed by atoms with Gasteiger partial charge in [-0.05, 0) is 75.2 Å². The number of aromatic nitrogens is 3. The molecule has 0 spiro atoms. The summed E-state index contributed by atoms with van der Waals surface area (Å²) in [6.45, 7) is 3.51. The van der Waals surface area contributed by atoms with E-state index in [4.69, 9.17) is 31.3 Å². The normalized spacial score (nSPS) is 25.7. The molecule has 0 aliphatic carbocycles. The van der Waals surface area contributed by atoms with Gasteiger partial charge in [0.1, 0.15) is 34.4 Å². The number of phenolic OH excluding ortho intramolecular Hbond substituents is 1. The lowest BCUT2D eigenvalue weighted by Crippen LogP contribution is -2.59. The number of hydrogen-bond acceptors (Lipinski definition) is 9. The van der Waals surface area contributed by atoms with Crippen molar-refractivity contribution < 1.29 is 14.2 Å². The van der Waals surface area contributed by atoms with E-state index in [1.807, 2.05) is 12.1 Å². The van der Waals surface area contributed by atoms with Gasteiger partial charge in [-0.1, -0.05) is 23.7 Å². The molecule has 3 unspecified atom stereocenters. The summed E-state index contributed by atoms with van der Waals surface area (Å²) < 4.78 is 23.4. The largest absolute Gasteiger partial charge is 0.508 e. The highest BCUT2D eigenvalue weighted by Gasteiger charge is 2.46. The van der Waals surface area contributed by atoms with Gasteiger partial charge in [0.25, 0.3) is 0 Å². The molecule has 2 aromatic heterocycles. The summed E-state index contributed by atoms with van der Waals surface area (Å²) in [7, 11) is 0. The molecule has 0 amide bonds. The van der Waals surface area contributed by atoms with Gasteiger partial charge in [-0.3, -0.25) is 4.90 Å². The van der Waals surface area contributed by atoms with Gasteiger partial charge in [0.05, 0.1) is 17.0 Å². The van der Waals surface area contributed by atoms with Crippen LogP contribution in [0.1, 0.15) is 38.5 Å². The number of fused-ring (bicyclic) bond motifs is 7. The van der Waals surface area contributed by atoms with Crippen molar-refractivity contribution in [3.05, 3.63) is 41.2 Å². The van der Waals surface area contributed by atoms with Gasteiger partial charge >= 0.3 is 6.01 Å². The molecule has 5 aliphatic rings. The maximum Gasteiger partial charge on any atom is 0.319 e. The zero-order valence-electron chi connectivity index (χ0n) is 23.7. The topological polar surface area (TPSA) is 86.6 Å². The molecule has 0 radical (unpaired) electrons. The fourth-order valence-electron chi connectivity index (χ4n) is 8.37. The first-order chi connectivity index (χ1) is 21.0. The Bertz CT molecular complexity index is 1800. The predicted octanol–water partition coefficient (Wildman–Crippen LogP) is 5.77. The molecule has 2 N–H and O–H groups in total. The number of phenols is 1. The summed E-state index contributed by atoms with van der Waals surface area (Å²) in [5, 5.41) is 17.6. The Morgan fingerprint density at radius 2 is 1.98 bits per heavy atom. The van der Waals surface area contributed by atoms with Crippen LogP contribution in [0.15, 0.2) is 35.4 Å². The number of nitrogens with zero attached hydrogens (tertiary/aromatic N) is 5. The fraction of sp³-hybridized carbons (Fsp3) is 0.469. The summed E-state index contributed by atoms with van der Waals surface area (Å²) in [6.07, 6.45) is 6.78. The van der Waals surface area contributed by atoms with E-state index in [-0.39, 0.29) is 34.6 Å². The predicted molar refractivity (Wildman–Crippen MR) is 167 cm³/mol. The van der Waals surface area contributed by atoms with E-state index < -0.39 is 5.82 Å². The van der Waals surface area contributed by atoms with Crippen molar-refractivity contribution in [2.75, 3.05) is 36.9 Å². The van der Waals surface area contributed by atoms with Crippen LogP contribution in [0.4, 0.5) is 10.2 Å². The third kappa shape index (κ3) is 4.06. The van der Waals surface area contributed by atoms with Gasteiger partial charge in [0.15, 0.2) is 5.82 Å². The molecule has 4 aromatic rings. The molecule has 7 heterocycles. The lowest BCUT2D eigenvalue weighted by Gasteiger charge is -2.41. The Hall–Kier alpha value is -2.92. The highest BCUT2D eigenvalue weighted by Crippen LogP contribution is 2.46. The molecule has 8 nitrogen and oxygen atoms in total. The van der Waals surface area contributed by atoms with Crippen LogP contribution >= 0.6 is 23.4 Å². The van der Waals surface area contributed by atoms with E-state index in [0.717, 1.165) is 51.1 Å². The SMILES string of the molecule is Oc1cc(-c2nc3c4c(nc(OCC56CCCN5CCC6)nc4c2F)N2CC4CCC(N4)C2CS3)c2c(Cl)cccc2c1. The number of benzene rings is 2. The number of thioether (sulfide) groups is 1. The Morgan fingerprint density at radius 1 is 1.12 bits per heavy atom. The van der Waals surface area contributed by atoms with Crippen molar-refractivity contribution in [1.82, 2.24) is 25.2 Å². The zero-order chi connectivity index (χ0) is 28.9. The van der Waals surface area contributed by atoms with Crippen LogP contribution in [0, 0.1) is 5.82 Å². The van der Waals surface area contributed by atoms with Crippen molar-refractivity contribution in [2.45, 2.75) is 67.2 Å². The van der Waals surface area contributed by atoms with E-state index >= 15 is 4.39 Å². The standard InChI is InChI=1S/C32H32ClFN6O2S/c33-21-5-1-4-17-12-19(41)13-20(24(17)21)27-26(34)28-25-29(38-31(37-28)42-16-32-8-2-10-39(32)11-3-9-32)40-14-18-6-7-22(35-18)23(40)15-43-30(25)36-27/h1,4-5,12-13,18,22-23,35,41H,2-3,6-11,14-16H2. The van der Waals surface area contributed by atoms with Crippen LogP contribution < -0.4 is 15.0 Å². The minimum atomic E-state index is -0.558. The molecule has 4 fully saturated rings. The number of aromatic hydroxyl groups is 1. The number of nitrogens with one attached hydrogen (secondary N) is 1. The Kier molecular flexibility index (Phi) is 6.03. The first kappa shape index (κ1) is 26.5. The molecule has 2 aromatic carbocycles. The van der Waals surface area contributed by atoms with Crippen molar-refractivity contribution in [3.63, 3.8) is 0 Å². The lowest BCUT2D eigenvalue weighted by molar-refractivity contribution is 0.108. The number of piperazine rings is 1. The van der Waals surface area contributed by atoms with Crippen molar-refractivity contribution in [1.29, 1.82) is 0 Å². The van der Waals surface area contributed by atoms with Crippen LogP contribution in [-0.2, 0) is 0 Å². The Morgan fingerprint density at radius 3 is 2.84 bits per heavy atom. The Balaban J connectivity index is 1.24. The van der Waals surface area contributed by atoms with Crippen molar-refractivity contribution in [2.24, 2.45) is 0 Å². The third-order valence-electron chi connectivity index (χ3n) is 10.4. The van der Waals surface area contributed by atoms with E-state index in [1.54, 1.807) is 30.0 Å². The molecule has 222 valence electrons. The van der Waals surface area contributed by atoms with Crippen LogP contribution in [0.25, 0.3) is 32.9 Å². The summed E-state index contributed by atoms with van der Waals surface area (Å²) in [5.74, 6) is 0.974. The number of ether oxygens (including phenoxy) is 1. The summed E-state index contributed by atoms with van der Waals surface area (Å²) in [6, 6.07) is 9.76. The van der Waals surface area contributed by atoms with Gasteiger partial charge in [0, 0.05) is 40.4 Å². The van der Waals surface area contributed by atoms with E-state index in [1.165, 1.54) is 12.8 Å². The molecule has 2 bridgehead atoms. The number of pyridine rings is 1. The zero-order valence-corrected chi connectivity index (χ0v) is 25.2. The molecule has 0 saturated carbocycles. The maximum atomic E-state index is 16.9. The molecule has 5 aliphatic heterocycles. The van der Waals surface area contributed by atoms with E-state index in [9.17, 15) is 5.11 Å². The first-order valence-electron chi connectivity index (χ1n) is 15.3. The third-order valence-corrected chi connectivity index (χ3v) is 11.8. The van der Waals surface area contributed by atoms with Crippen molar-refractivity contribution in [3.8, 4) is 23.0 Å². The van der Waals surface area contributed by atoms with Crippen molar-refractivity contribution >= 4 is 50.9 Å². The number of halogens is 2. The average molecular weight is 619 g/mol. The fourth-order valence-corrected chi connectivity index (χ4v) is 9.89. The van der Waals surface area contributed by atoms with Crippen LogP contribution in [-0.4, -0.2) is 80.6 Å². The van der Waals surface area contributed by atoms with Crippen LogP contribution in [0.5, 0.6) is 11.8 Å². The van der Waals surface area contributed by atoms with E-state index in [0.29, 0.717) is 56.3 Å². The molecular formula is C32H32ClFN6O2S. The van der Waals surface area contributed by atoms with Gasteiger partial charge in [-0.15, -0.1) is 11.8 Å². The molecule has 11 heteroatoms.